The minimum absolute atomic E-state index is 0.147. The zero-order valence-corrected chi connectivity index (χ0v) is 12.1. The van der Waals surface area contributed by atoms with Crippen LogP contribution in [0.4, 0.5) is 0 Å². The molecule has 0 saturated carbocycles. The summed E-state index contributed by atoms with van der Waals surface area (Å²) in [6, 6.07) is 4.16. The van der Waals surface area contributed by atoms with Crippen molar-refractivity contribution in [1.82, 2.24) is 0 Å². The lowest BCUT2D eigenvalue weighted by molar-refractivity contribution is 0.0428. The Bertz CT molecular complexity index is 417. The van der Waals surface area contributed by atoms with Crippen LogP contribution >= 0.6 is 15.9 Å². The topological polar surface area (TPSA) is 29.5 Å². The molecule has 0 bridgehead atoms. The number of hydrogen-bond acceptors (Lipinski definition) is 2. The summed E-state index contributed by atoms with van der Waals surface area (Å²) in [7, 11) is 0. The van der Waals surface area contributed by atoms with Crippen molar-refractivity contribution in [3.63, 3.8) is 0 Å². The quantitative estimate of drug-likeness (QED) is 0.905. The van der Waals surface area contributed by atoms with E-state index in [1.807, 2.05) is 20.8 Å². The lowest BCUT2D eigenvalue weighted by atomic mass is 9.88. The number of halogens is 1. The van der Waals surface area contributed by atoms with Crippen LogP contribution in [0.5, 0.6) is 0 Å². The van der Waals surface area contributed by atoms with Crippen molar-refractivity contribution < 1.29 is 9.84 Å². The van der Waals surface area contributed by atoms with Gasteiger partial charge in [-0.1, -0.05) is 22.0 Å². The van der Waals surface area contributed by atoms with Gasteiger partial charge in [-0.25, -0.2) is 0 Å². The molecule has 3 unspecified atom stereocenters. The van der Waals surface area contributed by atoms with E-state index in [1.54, 1.807) is 0 Å². The van der Waals surface area contributed by atoms with Gasteiger partial charge in [-0.15, -0.1) is 0 Å². The number of hydrogen-bond donors (Lipinski definition) is 1. The Morgan fingerprint density at radius 1 is 1.35 bits per heavy atom. The summed E-state index contributed by atoms with van der Waals surface area (Å²) in [4.78, 5) is 0. The molecule has 0 aliphatic carbocycles. The highest BCUT2D eigenvalue weighted by Gasteiger charge is 2.32. The fraction of sp³-hybridized carbons (Fsp3) is 0.571. The SMILES string of the molecule is Cc1cc(C(O)C2CCOC2C)c(C)cc1Br. The van der Waals surface area contributed by atoms with Gasteiger partial charge in [0.25, 0.3) is 0 Å². The van der Waals surface area contributed by atoms with Crippen LogP contribution in [0.15, 0.2) is 16.6 Å². The van der Waals surface area contributed by atoms with E-state index in [9.17, 15) is 5.11 Å². The molecule has 1 aliphatic rings. The van der Waals surface area contributed by atoms with E-state index in [0.717, 1.165) is 34.2 Å². The molecule has 1 fully saturated rings. The molecule has 1 saturated heterocycles. The zero-order valence-electron chi connectivity index (χ0n) is 10.5. The van der Waals surface area contributed by atoms with Crippen molar-refractivity contribution in [1.29, 1.82) is 0 Å². The van der Waals surface area contributed by atoms with Crippen LogP contribution in [-0.4, -0.2) is 17.8 Å². The van der Waals surface area contributed by atoms with Crippen LogP contribution in [0.2, 0.25) is 0 Å². The summed E-state index contributed by atoms with van der Waals surface area (Å²) in [5.41, 5.74) is 3.33. The van der Waals surface area contributed by atoms with Crippen molar-refractivity contribution in [3.05, 3.63) is 33.3 Å². The van der Waals surface area contributed by atoms with Crippen molar-refractivity contribution in [2.45, 2.75) is 39.4 Å². The summed E-state index contributed by atoms with van der Waals surface area (Å²) in [6.07, 6.45) is 0.671. The van der Waals surface area contributed by atoms with Gasteiger partial charge in [0.2, 0.25) is 0 Å². The van der Waals surface area contributed by atoms with E-state index in [-0.39, 0.29) is 12.0 Å². The average Bonchev–Trinajstić information content (AvgIpc) is 2.69. The third-order valence-corrected chi connectivity index (χ3v) is 4.56. The molecule has 0 radical (unpaired) electrons. The average molecular weight is 299 g/mol. The number of benzene rings is 1. The van der Waals surface area contributed by atoms with Gasteiger partial charge in [0, 0.05) is 17.0 Å². The molecule has 94 valence electrons. The van der Waals surface area contributed by atoms with Crippen LogP contribution in [0, 0.1) is 19.8 Å². The van der Waals surface area contributed by atoms with E-state index < -0.39 is 6.10 Å². The first-order valence-corrected chi connectivity index (χ1v) is 6.86. The molecule has 0 aromatic heterocycles. The molecule has 1 aromatic carbocycles. The van der Waals surface area contributed by atoms with Crippen LogP contribution < -0.4 is 0 Å². The highest BCUT2D eigenvalue weighted by Crippen LogP contribution is 2.36. The zero-order chi connectivity index (χ0) is 12.6. The van der Waals surface area contributed by atoms with Gasteiger partial charge in [0.1, 0.15) is 0 Å². The lowest BCUT2D eigenvalue weighted by Crippen LogP contribution is -2.20. The summed E-state index contributed by atoms with van der Waals surface area (Å²) in [5.74, 6) is 0.217. The third-order valence-electron chi connectivity index (χ3n) is 3.71. The molecule has 17 heavy (non-hydrogen) atoms. The van der Waals surface area contributed by atoms with Gasteiger partial charge in [-0.3, -0.25) is 0 Å². The molecule has 3 atom stereocenters. The largest absolute Gasteiger partial charge is 0.388 e. The minimum Gasteiger partial charge on any atom is -0.388 e. The highest BCUT2D eigenvalue weighted by molar-refractivity contribution is 9.10. The predicted octanol–water partition coefficient (Wildman–Crippen LogP) is 3.52. The monoisotopic (exact) mass is 298 g/mol. The van der Waals surface area contributed by atoms with Gasteiger partial charge >= 0.3 is 0 Å². The smallest absolute Gasteiger partial charge is 0.0846 e. The lowest BCUT2D eigenvalue weighted by Gasteiger charge is -2.23. The summed E-state index contributed by atoms with van der Waals surface area (Å²) >= 11 is 3.52. The normalized spacial score (nSPS) is 26.2. The summed E-state index contributed by atoms with van der Waals surface area (Å²) in [5, 5.41) is 10.5. The van der Waals surface area contributed by atoms with E-state index in [2.05, 4.69) is 28.1 Å². The summed E-state index contributed by atoms with van der Waals surface area (Å²) in [6.45, 7) is 6.90. The van der Waals surface area contributed by atoms with Gasteiger partial charge < -0.3 is 9.84 Å². The molecule has 3 heteroatoms. The first-order valence-electron chi connectivity index (χ1n) is 6.07. The van der Waals surface area contributed by atoms with Gasteiger partial charge in [-0.2, -0.15) is 0 Å². The van der Waals surface area contributed by atoms with E-state index >= 15 is 0 Å². The first kappa shape index (κ1) is 13.1. The minimum atomic E-state index is -0.417. The molecular weight excluding hydrogens is 280 g/mol. The van der Waals surface area contributed by atoms with Gasteiger partial charge in [0.15, 0.2) is 0 Å². The molecule has 1 aromatic rings. The highest BCUT2D eigenvalue weighted by atomic mass is 79.9. The maximum Gasteiger partial charge on any atom is 0.0846 e. The van der Waals surface area contributed by atoms with Crippen LogP contribution in [-0.2, 0) is 4.74 Å². The maximum absolute atomic E-state index is 10.5. The Morgan fingerprint density at radius 3 is 2.65 bits per heavy atom. The van der Waals surface area contributed by atoms with E-state index in [1.165, 1.54) is 0 Å². The standard InChI is InChI=1S/C14H19BrO2/c1-8-7-13(15)9(2)6-12(8)14(16)11-4-5-17-10(11)3/h6-7,10-11,14,16H,4-5H2,1-3H3. The van der Waals surface area contributed by atoms with Crippen molar-refractivity contribution in [3.8, 4) is 0 Å². The molecule has 2 nitrogen and oxygen atoms in total. The third kappa shape index (κ3) is 2.56. The van der Waals surface area contributed by atoms with Crippen LogP contribution in [0.1, 0.15) is 36.1 Å². The van der Waals surface area contributed by atoms with Crippen molar-refractivity contribution >= 4 is 15.9 Å². The maximum atomic E-state index is 10.5. The molecule has 1 N–H and O–H groups in total. The number of rotatable bonds is 2. The van der Waals surface area contributed by atoms with Crippen LogP contribution in [0.25, 0.3) is 0 Å². The number of aliphatic hydroxyl groups excluding tert-OH is 1. The fourth-order valence-electron chi connectivity index (χ4n) is 2.52. The van der Waals surface area contributed by atoms with Gasteiger partial charge in [-0.05, 0) is 49.9 Å². The Hall–Kier alpha value is -0.380. The number of aryl methyl sites for hydroxylation is 2. The Labute approximate surface area is 111 Å². The van der Waals surface area contributed by atoms with Crippen molar-refractivity contribution in [2.24, 2.45) is 5.92 Å². The Balaban J connectivity index is 2.30. The second-order valence-corrected chi connectivity index (χ2v) is 5.79. The van der Waals surface area contributed by atoms with E-state index in [4.69, 9.17) is 4.74 Å². The molecule has 1 aliphatic heterocycles. The van der Waals surface area contributed by atoms with E-state index in [0.29, 0.717) is 0 Å². The molecular formula is C14H19BrO2. The first-order chi connectivity index (χ1) is 8.00. The molecule has 0 spiro atoms. The Morgan fingerprint density at radius 2 is 2.06 bits per heavy atom. The van der Waals surface area contributed by atoms with Crippen molar-refractivity contribution in [2.75, 3.05) is 6.61 Å². The Kier molecular flexibility index (Phi) is 3.91. The predicted molar refractivity (Wildman–Crippen MR) is 72.1 cm³/mol. The second kappa shape index (κ2) is 5.09. The number of aliphatic hydroxyl groups is 1. The number of ether oxygens (including phenoxy) is 1. The molecule has 0 amide bonds. The summed E-state index contributed by atoms with van der Waals surface area (Å²) < 4.78 is 6.63. The van der Waals surface area contributed by atoms with Crippen LogP contribution in [0.3, 0.4) is 0 Å². The fourth-order valence-corrected chi connectivity index (χ4v) is 2.97. The molecule has 2 rings (SSSR count). The molecule has 1 heterocycles. The second-order valence-electron chi connectivity index (χ2n) is 4.93. The van der Waals surface area contributed by atoms with Gasteiger partial charge in [0.05, 0.1) is 12.2 Å².